The van der Waals surface area contributed by atoms with Crippen LogP contribution < -0.4 is 10.1 Å². The fourth-order valence-electron chi connectivity index (χ4n) is 3.64. The van der Waals surface area contributed by atoms with Crippen LogP contribution in [0.2, 0.25) is 0 Å². The van der Waals surface area contributed by atoms with E-state index in [1.165, 1.54) is 16.4 Å². The lowest BCUT2D eigenvalue weighted by atomic mass is 10.2. The first kappa shape index (κ1) is 23.2. The fraction of sp³-hybridized carbons (Fsp3) is 0.409. The fourth-order valence-corrected chi connectivity index (χ4v) is 5.11. The average molecular weight is 450 g/mol. The molecule has 0 radical (unpaired) electrons. The second-order valence-corrected chi connectivity index (χ2v) is 9.39. The number of rotatable bonds is 7. The van der Waals surface area contributed by atoms with Crippen LogP contribution in [-0.4, -0.2) is 62.9 Å². The van der Waals surface area contributed by atoms with Gasteiger partial charge in [-0.2, -0.15) is 4.31 Å². The molecule has 9 heteroatoms. The largest absolute Gasteiger partial charge is 0.496 e. The summed E-state index contributed by atoms with van der Waals surface area (Å²) in [6, 6.07) is 11.9. The van der Waals surface area contributed by atoms with Crippen LogP contribution in [0.3, 0.4) is 0 Å². The summed E-state index contributed by atoms with van der Waals surface area (Å²) in [6.07, 6.45) is 0.602. The maximum Gasteiger partial charge on any atom is 0.243 e. The van der Waals surface area contributed by atoms with E-state index < -0.39 is 21.9 Å². The molecule has 7 nitrogen and oxygen atoms in total. The van der Waals surface area contributed by atoms with Crippen molar-refractivity contribution in [1.29, 1.82) is 0 Å². The van der Waals surface area contributed by atoms with Gasteiger partial charge in [-0.1, -0.05) is 18.2 Å². The van der Waals surface area contributed by atoms with Crippen molar-refractivity contribution < 1.29 is 22.3 Å². The first-order valence-electron chi connectivity index (χ1n) is 10.2. The predicted octanol–water partition coefficient (Wildman–Crippen LogP) is 2.24. The number of nitrogens with zero attached hydrogens (tertiary/aromatic N) is 2. The van der Waals surface area contributed by atoms with Crippen LogP contribution in [0.15, 0.2) is 53.4 Å². The van der Waals surface area contributed by atoms with Crippen LogP contribution in [0.1, 0.15) is 18.9 Å². The highest BCUT2D eigenvalue weighted by Crippen LogP contribution is 2.20. The van der Waals surface area contributed by atoms with Crippen molar-refractivity contribution in [3.05, 3.63) is 59.9 Å². The van der Waals surface area contributed by atoms with Gasteiger partial charge in [0, 0.05) is 38.3 Å². The van der Waals surface area contributed by atoms with Gasteiger partial charge in [-0.15, -0.1) is 0 Å². The summed E-state index contributed by atoms with van der Waals surface area (Å²) in [5, 5.41) is 2.94. The number of hydrogen-bond acceptors (Lipinski definition) is 5. The number of para-hydroxylation sites is 1. The highest BCUT2D eigenvalue weighted by atomic mass is 32.2. The van der Waals surface area contributed by atoms with E-state index in [4.69, 9.17) is 4.74 Å². The zero-order valence-corrected chi connectivity index (χ0v) is 18.6. The summed E-state index contributed by atoms with van der Waals surface area (Å²) in [5.41, 5.74) is 0.887. The van der Waals surface area contributed by atoms with E-state index in [0.29, 0.717) is 38.3 Å². The van der Waals surface area contributed by atoms with E-state index in [-0.39, 0.29) is 17.3 Å². The van der Waals surface area contributed by atoms with Crippen molar-refractivity contribution in [2.24, 2.45) is 0 Å². The summed E-state index contributed by atoms with van der Waals surface area (Å²) in [4.78, 5) is 14.8. The number of methoxy groups -OCH3 is 1. The molecule has 1 saturated heterocycles. The highest BCUT2D eigenvalue weighted by Gasteiger charge is 2.30. The third-order valence-electron chi connectivity index (χ3n) is 5.51. The second kappa shape index (κ2) is 10.2. The third-order valence-corrected chi connectivity index (χ3v) is 7.43. The summed E-state index contributed by atoms with van der Waals surface area (Å²) in [6.45, 7) is 3.84. The Hall–Kier alpha value is -2.49. The standard InChI is InChI=1S/C22H28FN3O4S/c1-17(22(27)24-16-18-6-3-4-7-21(18)30-2)25-12-5-13-26(15-14-25)31(28,29)20-10-8-19(23)9-11-20/h3-4,6-11,17H,5,12-16H2,1-2H3,(H,24,27). The molecule has 168 valence electrons. The van der Waals surface area contributed by atoms with Crippen molar-refractivity contribution in [2.45, 2.75) is 30.8 Å². The van der Waals surface area contributed by atoms with Crippen molar-refractivity contribution >= 4 is 15.9 Å². The maximum atomic E-state index is 13.2. The Kier molecular flexibility index (Phi) is 7.64. The van der Waals surface area contributed by atoms with E-state index in [1.807, 2.05) is 36.1 Å². The molecular weight excluding hydrogens is 421 g/mol. The van der Waals surface area contributed by atoms with E-state index in [0.717, 1.165) is 17.7 Å². The molecule has 0 spiro atoms. The van der Waals surface area contributed by atoms with Gasteiger partial charge in [0.25, 0.3) is 0 Å². The number of hydrogen-bond donors (Lipinski definition) is 1. The van der Waals surface area contributed by atoms with E-state index >= 15 is 0 Å². The van der Waals surface area contributed by atoms with Crippen LogP contribution in [0.5, 0.6) is 5.75 Å². The summed E-state index contributed by atoms with van der Waals surface area (Å²) >= 11 is 0. The number of halogens is 1. The minimum atomic E-state index is -3.70. The van der Waals surface area contributed by atoms with Crippen LogP contribution in [0.25, 0.3) is 0 Å². The summed E-state index contributed by atoms with van der Waals surface area (Å²) < 4.78 is 45.6. The number of benzene rings is 2. The molecule has 1 N–H and O–H groups in total. The number of ether oxygens (including phenoxy) is 1. The molecule has 0 bridgehead atoms. The molecule has 0 aromatic heterocycles. The molecule has 2 aromatic rings. The number of nitrogens with one attached hydrogen (secondary N) is 1. The smallest absolute Gasteiger partial charge is 0.243 e. The van der Waals surface area contributed by atoms with Crippen LogP contribution in [0.4, 0.5) is 4.39 Å². The van der Waals surface area contributed by atoms with Gasteiger partial charge < -0.3 is 10.1 Å². The maximum absolute atomic E-state index is 13.2. The molecule has 1 unspecified atom stereocenters. The first-order chi connectivity index (χ1) is 14.8. The molecule has 1 amide bonds. The van der Waals surface area contributed by atoms with Gasteiger partial charge in [0.15, 0.2) is 0 Å². The Morgan fingerprint density at radius 2 is 1.81 bits per heavy atom. The number of carbonyl (C=O) groups excluding carboxylic acids is 1. The minimum Gasteiger partial charge on any atom is -0.496 e. The van der Waals surface area contributed by atoms with Crippen molar-refractivity contribution in [3.8, 4) is 5.75 Å². The number of sulfonamides is 1. The third kappa shape index (κ3) is 5.61. The topological polar surface area (TPSA) is 79.0 Å². The minimum absolute atomic E-state index is 0.0740. The molecule has 0 saturated carbocycles. The Morgan fingerprint density at radius 1 is 1.10 bits per heavy atom. The van der Waals surface area contributed by atoms with Gasteiger partial charge in [-0.05, 0) is 43.7 Å². The van der Waals surface area contributed by atoms with E-state index in [2.05, 4.69) is 5.32 Å². The van der Waals surface area contributed by atoms with Crippen LogP contribution >= 0.6 is 0 Å². The summed E-state index contributed by atoms with van der Waals surface area (Å²) in [7, 11) is -2.11. The van der Waals surface area contributed by atoms with Gasteiger partial charge in [0.05, 0.1) is 18.0 Å². The van der Waals surface area contributed by atoms with E-state index in [9.17, 15) is 17.6 Å². The van der Waals surface area contributed by atoms with Gasteiger partial charge >= 0.3 is 0 Å². The van der Waals surface area contributed by atoms with E-state index in [1.54, 1.807) is 7.11 Å². The summed E-state index contributed by atoms with van der Waals surface area (Å²) in [5.74, 6) is 0.113. The number of carbonyl (C=O) groups is 1. The molecule has 1 aliphatic heterocycles. The molecule has 2 aromatic carbocycles. The Balaban J connectivity index is 1.59. The second-order valence-electron chi connectivity index (χ2n) is 7.45. The average Bonchev–Trinajstić information content (AvgIpc) is 3.04. The Bertz CT molecular complexity index is 998. The molecular formula is C22H28FN3O4S. The van der Waals surface area contributed by atoms with Crippen molar-refractivity contribution in [2.75, 3.05) is 33.3 Å². The van der Waals surface area contributed by atoms with Crippen LogP contribution in [-0.2, 0) is 21.4 Å². The number of amides is 1. The normalized spacial score (nSPS) is 17.0. The molecule has 1 aliphatic rings. The SMILES string of the molecule is COc1ccccc1CNC(=O)C(C)N1CCCN(S(=O)(=O)c2ccc(F)cc2)CC1. The molecule has 1 heterocycles. The zero-order chi connectivity index (χ0) is 22.4. The lowest BCUT2D eigenvalue weighted by Crippen LogP contribution is -2.46. The Labute approximate surface area is 182 Å². The molecule has 0 aliphatic carbocycles. The molecule has 1 atom stereocenters. The Morgan fingerprint density at radius 3 is 2.52 bits per heavy atom. The van der Waals surface area contributed by atoms with Gasteiger partial charge in [-0.25, -0.2) is 12.8 Å². The van der Waals surface area contributed by atoms with Gasteiger partial charge in [-0.3, -0.25) is 9.69 Å². The van der Waals surface area contributed by atoms with Crippen molar-refractivity contribution in [3.63, 3.8) is 0 Å². The quantitative estimate of drug-likeness (QED) is 0.701. The first-order valence-corrected chi connectivity index (χ1v) is 11.7. The van der Waals surface area contributed by atoms with Crippen LogP contribution in [0, 0.1) is 5.82 Å². The lowest BCUT2D eigenvalue weighted by molar-refractivity contribution is -0.126. The van der Waals surface area contributed by atoms with Gasteiger partial charge in [0.2, 0.25) is 15.9 Å². The highest BCUT2D eigenvalue weighted by molar-refractivity contribution is 7.89. The predicted molar refractivity (Wildman–Crippen MR) is 116 cm³/mol. The lowest BCUT2D eigenvalue weighted by Gasteiger charge is -2.27. The van der Waals surface area contributed by atoms with Gasteiger partial charge in [0.1, 0.15) is 11.6 Å². The monoisotopic (exact) mass is 449 g/mol. The molecule has 3 rings (SSSR count). The zero-order valence-electron chi connectivity index (χ0n) is 17.8. The van der Waals surface area contributed by atoms with Crippen molar-refractivity contribution in [1.82, 2.24) is 14.5 Å². The molecule has 31 heavy (non-hydrogen) atoms. The molecule has 1 fully saturated rings.